The smallest absolute Gasteiger partial charge is 0.267 e. The predicted molar refractivity (Wildman–Crippen MR) is 143 cm³/mol. The first kappa shape index (κ1) is 24.7. The number of rotatable bonds is 9. The van der Waals surface area contributed by atoms with E-state index < -0.39 is 0 Å². The molecule has 1 aliphatic rings. The normalized spacial score (nSPS) is 14.7. The van der Waals surface area contributed by atoms with Crippen LogP contribution in [0.4, 0.5) is 5.82 Å². The molecule has 0 atom stereocenters. The Hall–Kier alpha value is -3.37. The van der Waals surface area contributed by atoms with Gasteiger partial charge in [-0.25, -0.2) is 4.98 Å². The van der Waals surface area contributed by atoms with Crippen LogP contribution in [0.3, 0.4) is 0 Å². The molecule has 1 amide bonds. The second kappa shape index (κ2) is 10.9. The number of aromatic nitrogens is 2. The van der Waals surface area contributed by atoms with E-state index in [0.29, 0.717) is 57.3 Å². The lowest BCUT2D eigenvalue weighted by atomic mass is 10.1. The number of nitrogens with one attached hydrogen (secondary N) is 1. The van der Waals surface area contributed by atoms with Gasteiger partial charge in [0.15, 0.2) is 11.5 Å². The first-order chi connectivity index (χ1) is 17.0. The number of hydrogen-bond donors (Lipinski definition) is 1. The van der Waals surface area contributed by atoms with Crippen molar-refractivity contribution in [3.05, 3.63) is 69.0 Å². The highest BCUT2D eigenvalue weighted by Gasteiger charge is 2.32. The molecule has 3 heterocycles. The molecule has 35 heavy (non-hydrogen) atoms. The fourth-order valence-corrected chi connectivity index (χ4v) is 5.00. The summed E-state index contributed by atoms with van der Waals surface area (Å²) >= 11 is 6.69. The van der Waals surface area contributed by atoms with E-state index in [0.717, 1.165) is 12.0 Å². The van der Waals surface area contributed by atoms with Gasteiger partial charge in [0.25, 0.3) is 11.5 Å². The Bertz CT molecular complexity index is 1370. The zero-order valence-corrected chi connectivity index (χ0v) is 21.4. The van der Waals surface area contributed by atoms with Crippen molar-refractivity contribution >= 4 is 51.7 Å². The van der Waals surface area contributed by atoms with Crippen molar-refractivity contribution in [2.45, 2.75) is 19.8 Å². The Labute approximate surface area is 212 Å². The SMILES string of the molecule is CCCNc1nc2ccccn2c(=O)c1/C=C1/SC(=S)N(CCc2ccc(OC)c(OC)c2)C1=O. The highest BCUT2D eigenvalue weighted by Crippen LogP contribution is 2.34. The number of carbonyl (C=O) groups is 1. The summed E-state index contributed by atoms with van der Waals surface area (Å²) in [6.07, 6.45) is 4.72. The minimum absolute atomic E-state index is 0.223. The maximum atomic E-state index is 13.2. The molecule has 3 aromatic rings. The van der Waals surface area contributed by atoms with Gasteiger partial charge in [0.1, 0.15) is 15.8 Å². The van der Waals surface area contributed by atoms with Gasteiger partial charge in [-0.3, -0.25) is 18.9 Å². The molecule has 4 rings (SSSR count). The van der Waals surface area contributed by atoms with Crippen LogP contribution >= 0.6 is 24.0 Å². The summed E-state index contributed by atoms with van der Waals surface area (Å²) in [5, 5.41) is 3.22. The lowest BCUT2D eigenvalue weighted by Crippen LogP contribution is -2.30. The molecule has 10 heteroatoms. The molecule has 0 unspecified atom stereocenters. The van der Waals surface area contributed by atoms with Gasteiger partial charge in [-0.15, -0.1) is 0 Å². The lowest BCUT2D eigenvalue weighted by Gasteiger charge is -2.15. The van der Waals surface area contributed by atoms with E-state index >= 15 is 0 Å². The van der Waals surface area contributed by atoms with E-state index in [4.69, 9.17) is 21.7 Å². The zero-order valence-electron chi connectivity index (χ0n) is 19.7. The average molecular weight is 511 g/mol. The van der Waals surface area contributed by atoms with E-state index in [2.05, 4.69) is 10.3 Å². The standard InChI is InChI=1S/C25H26N4O4S2/c1-4-11-26-22-17(23(30)28-12-6-5-7-21(28)27-22)15-20-24(31)29(25(34)35-20)13-10-16-8-9-18(32-2)19(14-16)33-3/h5-9,12,14-15,26H,4,10-11,13H2,1-3H3/b20-15+. The molecule has 0 bridgehead atoms. The average Bonchev–Trinajstić information content (AvgIpc) is 3.14. The number of ether oxygens (including phenoxy) is 2. The van der Waals surface area contributed by atoms with Crippen molar-refractivity contribution in [3.8, 4) is 11.5 Å². The number of fused-ring (bicyclic) bond motifs is 1. The zero-order chi connectivity index (χ0) is 24.9. The number of pyridine rings is 1. The number of nitrogens with zero attached hydrogens (tertiary/aromatic N) is 3. The van der Waals surface area contributed by atoms with Crippen LogP contribution in [0.5, 0.6) is 11.5 Å². The number of thiocarbonyl (C=S) groups is 1. The van der Waals surface area contributed by atoms with Gasteiger partial charge < -0.3 is 14.8 Å². The molecule has 182 valence electrons. The maximum absolute atomic E-state index is 13.2. The van der Waals surface area contributed by atoms with E-state index in [-0.39, 0.29) is 11.5 Å². The Kier molecular flexibility index (Phi) is 7.72. The van der Waals surface area contributed by atoms with Crippen LogP contribution < -0.4 is 20.3 Å². The molecule has 0 saturated carbocycles. The van der Waals surface area contributed by atoms with Gasteiger partial charge in [-0.1, -0.05) is 43.0 Å². The quantitative estimate of drug-likeness (QED) is 0.342. The van der Waals surface area contributed by atoms with Crippen LogP contribution in [0.15, 0.2) is 52.3 Å². The Morgan fingerprint density at radius 2 is 1.94 bits per heavy atom. The van der Waals surface area contributed by atoms with Crippen LogP contribution in [0.1, 0.15) is 24.5 Å². The lowest BCUT2D eigenvalue weighted by molar-refractivity contribution is -0.122. The van der Waals surface area contributed by atoms with E-state index in [9.17, 15) is 9.59 Å². The third-order valence-electron chi connectivity index (χ3n) is 5.53. The third kappa shape index (κ3) is 5.18. The van der Waals surface area contributed by atoms with Crippen molar-refractivity contribution < 1.29 is 14.3 Å². The van der Waals surface area contributed by atoms with Gasteiger partial charge in [-0.2, -0.15) is 0 Å². The van der Waals surface area contributed by atoms with E-state index in [1.807, 2.05) is 31.2 Å². The van der Waals surface area contributed by atoms with Gasteiger partial charge in [-0.05, 0) is 48.7 Å². The van der Waals surface area contributed by atoms with Crippen molar-refractivity contribution in [2.75, 3.05) is 32.6 Å². The summed E-state index contributed by atoms with van der Waals surface area (Å²) in [5.41, 5.74) is 1.62. The van der Waals surface area contributed by atoms with E-state index in [1.165, 1.54) is 16.2 Å². The summed E-state index contributed by atoms with van der Waals surface area (Å²) < 4.78 is 12.6. The number of benzene rings is 1. The highest BCUT2D eigenvalue weighted by molar-refractivity contribution is 8.26. The number of amides is 1. The van der Waals surface area contributed by atoms with Crippen molar-refractivity contribution in [2.24, 2.45) is 0 Å². The Balaban J connectivity index is 1.60. The van der Waals surface area contributed by atoms with Crippen LogP contribution in [0.25, 0.3) is 11.7 Å². The van der Waals surface area contributed by atoms with Crippen molar-refractivity contribution in [1.82, 2.24) is 14.3 Å². The second-order valence-electron chi connectivity index (χ2n) is 7.81. The molecule has 1 aromatic carbocycles. The van der Waals surface area contributed by atoms with Gasteiger partial charge in [0, 0.05) is 19.3 Å². The molecule has 1 N–H and O–H groups in total. The molecule has 1 aliphatic heterocycles. The van der Waals surface area contributed by atoms with Gasteiger partial charge >= 0.3 is 0 Å². The second-order valence-corrected chi connectivity index (χ2v) is 9.48. The number of methoxy groups -OCH3 is 2. The fourth-order valence-electron chi connectivity index (χ4n) is 3.71. The van der Waals surface area contributed by atoms with Crippen LogP contribution in [-0.4, -0.2) is 51.8 Å². The molecule has 2 aromatic heterocycles. The first-order valence-corrected chi connectivity index (χ1v) is 12.4. The van der Waals surface area contributed by atoms with Crippen LogP contribution in [0.2, 0.25) is 0 Å². The minimum atomic E-state index is -0.246. The Morgan fingerprint density at radius 1 is 1.14 bits per heavy atom. The molecule has 0 spiro atoms. The van der Waals surface area contributed by atoms with Crippen molar-refractivity contribution in [1.29, 1.82) is 0 Å². The van der Waals surface area contributed by atoms with Crippen molar-refractivity contribution in [3.63, 3.8) is 0 Å². The monoisotopic (exact) mass is 510 g/mol. The molecule has 1 saturated heterocycles. The predicted octanol–water partition coefficient (Wildman–Crippen LogP) is 3.98. The largest absolute Gasteiger partial charge is 0.493 e. The topological polar surface area (TPSA) is 85.2 Å². The fraction of sp³-hybridized carbons (Fsp3) is 0.280. The van der Waals surface area contributed by atoms with E-state index in [1.54, 1.807) is 43.5 Å². The molecule has 0 radical (unpaired) electrons. The summed E-state index contributed by atoms with van der Waals surface area (Å²) in [5.74, 6) is 1.51. The summed E-state index contributed by atoms with van der Waals surface area (Å²) in [6.45, 7) is 3.10. The molecular weight excluding hydrogens is 484 g/mol. The maximum Gasteiger partial charge on any atom is 0.267 e. The number of thioether (sulfide) groups is 1. The molecular formula is C25H26N4O4S2. The molecule has 1 fully saturated rings. The molecule has 0 aliphatic carbocycles. The highest BCUT2D eigenvalue weighted by atomic mass is 32.2. The molecule has 8 nitrogen and oxygen atoms in total. The number of hydrogen-bond acceptors (Lipinski definition) is 8. The summed E-state index contributed by atoms with van der Waals surface area (Å²) in [6, 6.07) is 11.0. The van der Waals surface area contributed by atoms with Crippen LogP contribution in [0, 0.1) is 0 Å². The minimum Gasteiger partial charge on any atom is -0.493 e. The number of anilines is 1. The third-order valence-corrected chi connectivity index (χ3v) is 6.91. The summed E-state index contributed by atoms with van der Waals surface area (Å²) in [7, 11) is 3.17. The summed E-state index contributed by atoms with van der Waals surface area (Å²) in [4.78, 5) is 33.0. The first-order valence-electron chi connectivity index (χ1n) is 11.2. The van der Waals surface area contributed by atoms with Crippen LogP contribution in [-0.2, 0) is 11.2 Å². The van der Waals surface area contributed by atoms with Gasteiger partial charge in [0.05, 0.1) is 24.7 Å². The Morgan fingerprint density at radius 3 is 2.69 bits per heavy atom. The number of carbonyl (C=O) groups excluding carboxylic acids is 1. The van der Waals surface area contributed by atoms with Gasteiger partial charge in [0.2, 0.25) is 0 Å².